The Morgan fingerprint density at radius 3 is 2.88 bits per heavy atom. The van der Waals surface area contributed by atoms with Gasteiger partial charge in [0.15, 0.2) is 5.82 Å². The van der Waals surface area contributed by atoms with E-state index in [1.165, 1.54) is 0 Å². The minimum Gasteiger partial charge on any atom is -0.340 e. The number of fused-ring (bicyclic) bond motifs is 1. The molecule has 1 saturated heterocycles. The number of aromatic nitrogens is 4. The summed E-state index contributed by atoms with van der Waals surface area (Å²) in [5.74, 6) is 0.281. The number of carbonyl (C=O) groups is 2. The first-order valence-electron chi connectivity index (χ1n) is 8.83. The van der Waals surface area contributed by atoms with E-state index in [-0.39, 0.29) is 24.2 Å². The molecular formula is C19H21N5O2. The van der Waals surface area contributed by atoms with Crippen LogP contribution in [0, 0.1) is 5.92 Å². The molecule has 0 N–H and O–H groups in total. The van der Waals surface area contributed by atoms with Crippen molar-refractivity contribution in [3.63, 3.8) is 0 Å². The van der Waals surface area contributed by atoms with Crippen molar-refractivity contribution in [3.05, 3.63) is 48.7 Å². The first kappa shape index (κ1) is 16.5. The van der Waals surface area contributed by atoms with Gasteiger partial charge in [0.1, 0.15) is 6.54 Å². The number of Topliss-reactive ketones (excluding diaryl/α,β-unsaturated/α-hetero) is 1. The number of aryl methyl sites for hydroxylation is 1. The van der Waals surface area contributed by atoms with Gasteiger partial charge in [0.2, 0.25) is 11.7 Å². The van der Waals surface area contributed by atoms with E-state index in [1.807, 2.05) is 37.5 Å². The third-order valence-electron chi connectivity index (χ3n) is 4.94. The third-order valence-corrected chi connectivity index (χ3v) is 4.94. The summed E-state index contributed by atoms with van der Waals surface area (Å²) in [5.41, 5.74) is 0.877. The highest BCUT2D eigenvalue weighted by Gasteiger charge is 2.30. The smallest absolute Gasteiger partial charge is 0.244 e. The molecule has 0 radical (unpaired) electrons. The lowest BCUT2D eigenvalue weighted by Gasteiger charge is -2.31. The van der Waals surface area contributed by atoms with Gasteiger partial charge < -0.3 is 9.47 Å². The molecule has 0 aliphatic carbocycles. The van der Waals surface area contributed by atoms with E-state index in [9.17, 15) is 9.59 Å². The molecule has 3 aromatic rings. The fourth-order valence-corrected chi connectivity index (χ4v) is 3.54. The van der Waals surface area contributed by atoms with Crippen molar-refractivity contribution in [2.45, 2.75) is 19.4 Å². The largest absolute Gasteiger partial charge is 0.340 e. The maximum absolute atomic E-state index is 12.7. The predicted octanol–water partition coefficient (Wildman–Crippen LogP) is 1.89. The molecule has 4 rings (SSSR count). The van der Waals surface area contributed by atoms with Crippen LogP contribution in [0.25, 0.3) is 10.9 Å². The average Bonchev–Trinajstić information content (AvgIpc) is 3.26. The topological polar surface area (TPSA) is 73.0 Å². The highest BCUT2D eigenvalue weighted by atomic mass is 16.2. The molecule has 1 aromatic carbocycles. The second kappa shape index (κ2) is 6.74. The summed E-state index contributed by atoms with van der Waals surface area (Å²) in [6, 6.07) is 7.79. The van der Waals surface area contributed by atoms with Crippen LogP contribution < -0.4 is 0 Å². The van der Waals surface area contributed by atoms with Gasteiger partial charge in [-0.2, -0.15) is 5.10 Å². The maximum atomic E-state index is 12.7. The van der Waals surface area contributed by atoms with Crippen LogP contribution in [-0.4, -0.2) is 49.0 Å². The summed E-state index contributed by atoms with van der Waals surface area (Å²) in [5, 5.41) is 5.46. The molecule has 1 fully saturated rings. The first-order valence-corrected chi connectivity index (χ1v) is 8.83. The summed E-state index contributed by atoms with van der Waals surface area (Å²) >= 11 is 0. The van der Waals surface area contributed by atoms with Crippen molar-refractivity contribution in [2.24, 2.45) is 13.0 Å². The summed E-state index contributed by atoms with van der Waals surface area (Å²) in [6.45, 7) is 1.33. The van der Waals surface area contributed by atoms with Crippen LogP contribution in [0.4, 0.5) is 0 Å². The average molecular weight is 351 g/mol. The Bertz CT molecular complexity index is 925. The zero-order valence-corrected chi connectivity index (χ0v) is 14.7. The van der Waals surface area contributed by atoms with Gasteiger partial charge in [-0.05, 0) is 18.9 Å². The fourth-order valence-electron chi connectivity index (χ4n) is 3.54. The molecule has 134 valence electrons. The highest BCUT2D eigenvalue weighted by Crippen LogP contribution is 2.21. The molecular weight excluding hydrogens is 330 g/mol. The molecule has 0 bridgehead atoms. The second-order valence-electron chi connectivity index (χ2n) is 6.79. The zero-order chi connectivity index (χ0) is 18.1. The monoisotopic (exact) mass is 351 g/mol. The van der Waals surface area contributed by atoms with Crippen LogP contribution in [0.1, 0.15) is 23.5 Å². The van der Waals surface area contributed by atoms with Crippen molar-refractivity contribution in [1.82, 2.24) is 24.2 Å². The highest BCUT2D eigenvalue weighted by molar-refractivity contribution is 5.95. The van der Waals surface area contributed by atoms with Crippen LogP contribution in [-0.2, 0) is 18.4 Å². The van der Waals surface area contributed by atoms with Crippen molar-refractivity contribution in [1.29, 1.82) is 0 Å². The van der Waals surface area contributed by atoms with Crippen LogP contribution in [0.5, 0.6) is 0 Å². The summed E-state index contributed by atoms with van der Waals surface area (Å²) in [7, 11) is 1.81. The van der Waals surface area contributed by atoms with E-state index >= 15 is 0 Å². The lowest BCUT2D eigenvalue weighted by molar-refractivity contribution is -0.133. The van der Waals surface area contributed by atoms with E-state index in [2.05, 4.69) is 10.1 Å². The molecule has 3 heterocycles. The molecule has 26 heavy (non-hydrogen) atoms. The fraction of sp³-hybridized carbons (Fsp3) is 0.368. The quantitative estimate of drug-likeness (QED) is 0.673. The van der Waals surface area contributed by atoms with E-state index in [0.29, 0.717) is 18.9 Å². The molecule has 0 spiro atoms. The lowest BCUT2D eigenvalue weighted by Crippen LogP contribution is -2.44. The molecule has 2 aromatic heterocycles. The lowest BCUT2D eigenvalue weighted by atomic mass is 9.93. The molecule has 1 amide bonds. The van der Waals surface area contributed by atoms with Crippen molar-refractivity contribution < 1.29 is 9.59 Å². The van der Waals surface area contributed by atoms with Gasteiger partial charge in [-0.1, -0.05) is 18.2 Å². The van der Waals surface area contributed by atoms with Crippen LogP contribution >= 0.6 is 0 Å². The summed E-state index contributed by atoms with van der Waals surface area (Å²) in [4.78, 5) is 31.3. The first-order chi connectivity index (χ1) is 12.6. The van der Waals surface area contributed by atoms with Gasteiger partial charge in [-0.25, -0.2) is 4.98 Å². The van der Waals surface area contributed by atoms with Crippen LogP contribution in [0.2, 0.25) is 0 Å². The number of nitrogens with zero attached hydrogens (tertiary/aromatic N) is 5. The number of piperidine rings is 1. The van der Waals surface area contributed by atoms with Crippen molar-refractivity contribution >= 4 is 22.6 Å². The number of amides is 1. The molecule has 7 nitrogen and oxygen atoms in total. The van der Waals surface area contributed by atoms with Gasteiger partial charge in [0, 0.05) is 50.0 Å². The van der Waals surface area contributed by atoms with Crippen molar-refractivity contribution in [3.8, 4) is 0 Å². The van der Waals surface area contributed by atoms with E-state index in [1.54, 1.807) is 26.5 Å². The molecule has 1 aliphatic heterocycles. The summed E-state index contributed by atoms with van der Waals surface area (Å²) in [6.07, 6.45) is 6.89. The SMILES string of the molecule is Cn1ccnc1C(=O)[C@H]1CCCN(C(=O)Cn2cc3ccccc3n2)C1. The van der Waals surface area contributed by atoms with Gasteiger partial charge in [-0.3, -0.25) is 14.3 Å². The van der Waals surface area contributed by atoms with Gasteiger partial charge >= 0.3 is 0 Å². The minimum absolute atomic E-state index is 0.00449. The van der Waals surface area contributed by atoms with E-state index in [0.717, 1.165) is 23.7 Å². The Morgan fingerprint density at radius 2 is 2.12 bits per heavy atom. The molecule has 1 aliphatic rings. The Hall–Kier alpha value is -2.96. The number of likely N-dealkylation sites (tertiary alicyclic amines) is 1. The predicted molar refractivity (Wildman–Crippen MR) is 96.6 cm³/mol. The van der Waals surface area contributed by atoms with E-state index < -0.39 is 0 Å². The van der Waals surface area contributed by atoms with Gasteiger partial charge in [0.05, 0.1) is 5.52 Å². The van der Waals surface area contributed by atoms with Crippen LogP contribution in [0.3, 0.4) is 0 Å². The Labute approximate surface area is 151 Å². The molecule has 7 heteroatoms. The number of rotatable bonds is 4. The number of hydrogen-bond donors (Lipinski definition) is 0. The second-order valence-corrected chi connectivity index (χ2v) is 6.79. The Kier molecular flexibility index (Phi) is 4.28. The Morgan fingerprint density at radius 1 is 1.27 bits per heavy atom. The number of carbonyl (C=O) groups excluding carboxylic acids is 2. The summed E-state index contributed by atoms with van der Waals surface area (Å²) < 4.78 is 3.41. The number of imidazole rings is 1. The zero-order valence-electron chi connectivity index (χ0n) is 14.7. The van der Waals surface area contributed by atoms with Gasteiger partial charge in [0.25, 0.3) is 0 Å². The van der Waals surface area contributed by atoms with Crippen LogP contribution in [0.15, 0.2) is 42.9 Å². The number of benzene rings is 1. The molecule has 0 unspecified atom stereocenters. The standard InChI is InChI=1S/C19H21N5O2/c1-22-10-8-20-19(22)18(26)15-6-4-9-23(11-15)17(25)13-24-12-14-5-2-3-7-16(14)21-24/h2-3,5,7-8,10,12,15H,4,6,9,11,13H2,1H3/t15-/m0/s1. The molecule has 1 atom stereocenters. The maximum Gasteiger partial charge on any atom is 0.244 e. The number of ketones is 1. The normalized spacial score (nSPS) is 17.6. The van der Waals surface area contributed by atoms with E-state index in [4.69, 9.17) is 0 Å². The minimum atomic E-state index is -0.189. The molecule has 0 saturated carbocycles. The Balaban J connectivity index is 1.44. The number of hydrogen-bond acceptors (Lipinski definition) is 4. The van der Waals surface area contributed by atoms with Crippen molar-refractivity contribution in [2.75, 3.05) is 13.1 Å². The third kappa shape index (κ3) is 3.12. The van der Waals surface area contributed by atoms with Gasteiger partial charge in [-0.15, -0.1) is 0 Å².